The van der Waals surface area contributed by atoms with Crippen molar-refractivity contribution in [2.75, 3.05) is 20.2 Å². The summed E-state index contributed by atoms with van der Waals surface area (Å²) < 4.78 is 5.63. The molecule has 0 saturated heterocycles. The number of pyridine rings is 1. The second kappa shape index (κ2) is 6.01. The molecule has 0 unspecified atom stereocenters. The first kappa shape index (κ1) is 11.6. The number of ether oxygens (including phenoxy) is 1. The highest BCUT2D eigenvalue weighted by atomic mass is 16.5. The predicted molar refractivity (Wildman–Crippen MR) is 69.1 cm³/mol. The molecule has 3 heteroatoms. The Morgan fingerprint density at radius 2 is 1.94 bits per heavy atom. The maximum absolute atomic E-state index is 5.63. The largest absolute Gasteiger partial charge is 0.492 e. The zero-order valence-corrected chi connectivity index (χ0v) is 9.89. The molecule has 1 N–H and O–H groups in total. The van der Waals surface area contributed by atoms with Crippen LogP contribution in [0.2, 0.25) is 0 Å². The highest BCUT2D eigenvalue weighted by Crippen LogP contribution is 2.22. The summed E-state index contributed by atoms with van der Waals surface area (Å²) in [5.41, 5.74) is 2.30. The van der Waals surface area contributed by atoms with Crippen LogP contribution in [0.3, 0.4) is 0 Å². The lowest BCUT2D eigenvalue weighted by Crippen LogP contribution is -2.15. The van der Waals surface area contributed by atoms with Crippen molar-refractivity contribution in [1.29, 1.82) is 0 Å². The molecule has 0 bridgehead atoms. The van der Waals surface area contributed by atoms with E-state index in [9.17, 15) is 0 Å². The quantitative estimate of drug-likeness (QED) is 0.798. The number of rotatable bonds is 5. The zero-order valence-electron chi connectivity index (χ0n) is 9.89. The van der Waals surface area contributed by atoms with Crippen LogP contribution in [0.1, 0.15) is 0 Å². The van der Waals surface area contributed by atoms with Gasteiger partial charge in [0.1, 0.15) is 12.4 Å². The first-order valence-electron chi connectivity index (χ1n) is 5.68. The van der Waals surface area contributed by atoms with Gasteiger partial charge in [0.15, 0.2) is 0 Å². The molecule has 0 aliphatic rings. The van der Waals surface area contributed by atoms with Crippen LogP contribution in [0.15, 0.2) is 48.8 Å². The fraction of sp³-hybridized carbons (Fsp3) is 0.214. The molecule has 88 valence electrons. The van der Waals surface area contributed by atoms with E-state index in [-0.39, 0.29) is 0 Å². The fourth-order valence-electron chi connectivity index (χ4n) is 1.58. The highest BCUT2D eigenvalue weighted by Gasteiger charge is 1.99. The van der Waals surface area contributed by atoms with Crippen LogP contribution in [0, 0.1) is 0 Å². The summed E-state index contributed by atoms with van der Waals surface area (Å²) in [4.78, 5) is 4.01. The van der Waals surface area contributed by atoms with Gasteiger partial charge in [0.2, 0.25) is 0 Å². The van der Waals surface area contributed by atoms with Crippen LogP contribution >= 0.6 is 0 Å². The number of aromatic nitrogens is 1. The summed E-state index contributed by atoms with van der Waals surface area (Å²) in [7, 11) is 1.91. The van der Waals surface area contributed by atoms with Crippen molar-refractivity contribution >= 4 is 0 Å². The summed E-state index contributed by atoms with van der Waals surface area (Å²) >= 11 is 0. The molecule has 0 saturated carbocycles. The van der Waals surface area contributed by atoms with E-state index in [0.29, 0.717) is 6.61 Å². The molecule has 1 aromatic heterocycles. The Bertz CT molecular complexity index is 457. The van der Waals surface area contributed by atoms with Gasteiger partial charge in [0.25, 0.3) is 0 Å². The summed E-state index contributed by atoms with van der Waals surface area (Å²) in [6.45, 7) is 1.52. The van der Waals surface area contributed by atoms with Gasteiger partial charge in [-0.15, -0.1) is 0 Å². The van der Waals surface area contributed by atoms with Gasteiger partial charge < -0.3 is 10.1 Å². The van der Waals surface area contributed by atoms with Gasteiger partial charge in [-0.2, -0.15) is 0 Å². The van der Waals surface area contributed by atoms with E-state index < -0.39 is 0 Å². The third-order valence-electron chi connectivity index (χ3n) is 2.47. The van der Waals surface area contributed by atoms with Crippen LogP contribution in [0.4, 0.5) is 0 Å². The average molecular weight is 228 g/mol. The number of benzene rings is 1. The Balaban J connectivity index is 2.12. The van der Waals surface area contributed by atoms with E-state index in [1.807, 2.05) is 37.4 Å². The molecule has 1 aromatic carbocycles. The van der Waals surface area contributed by atoms with E-state index in [1.54, 1.807) is 12.4 Å². The number of hydrogen-bond donors (Lipinski definition) is 1. The molecule has 2 rings (SSSR count). The molecule has 0 radical (unpaired) electrons. The summed E-state index contributed by atoms with van der Waals surface area (Å²) in [5.74, 6) is 0.898. The molecule has 17 heavy (non-hydrogen) atoms. The van der Waals surface area contributed by atoms with Crippen molar-refractivity contribution < 1.29 is 4.74 Å². The van der Waals surface area contributed by atoms with Gasteiger partial charge in [0.05, 0.1) is 0 Å². The summed E-state index contributed by atoms with van der Waals surface area (Å²) in [5, 5.41) is 3.05. The topological polar surface area (TPSA) is 34.1 Å². The number of likely N-dealkylation sites (N-methyl/N-ethyl adjacent to an activating group) is 1. The number of nitrogens with one attached hydrogen (secondary N) is 1. The van der Waals surface area contributed by atoms with Gasteiger partial charge in [-0.3, -0.25) is 4.98 Å². The van der Waals surface area contributed by atoms with Gasteiger partial charge in [-0.25, -0.2) is 0 Å². The fourth-order valence-corrected chi connectivity index (χ4v) is 1.58. The lowest BCUT2D eigenvalue weighted by molar-refractivity contribution is 0.318. The van der Waals surface area contributed by atoms with Crippen molar-refractivity contribution in [1.82, 2.24) is 10.3 Å². The van der Waals surface area contributed by atoms with Crippen LogP contribution < -0.4 is 10.1 Å². The smallest absolute Gasteiger partial charge is 0.119 e. The third kappa shape index (κ3) is 3.29. The van der Waals surface area contributed by atoms with E-state index in [4.69, 9.17) is 4.74 Å². The second-order valence-electron chi connectivity index (χ2n) is 3.72. The summed E-state index contributed by atoms with van der Waals surface area (Å²) in [6.07, 6.45) is 3.59. The maximum atomic E-state index is 5.63. The molecular formula is C14H16N2O. The van der Waals surface area contributed by atoms with E-state index in [0.717, 1.165) is 23.4 Å². The SMILES string of the molecule is CNCCOc1cccc(-c2ccncc2)c1. The van der Waals surface area contributed by atoms with E-state index in [1.165, 1.54) is 0 Å². The Morgan fingerprint density at radius 1 is 1.12 bits per heavy atom. The highest BCUT2D eigenvalue weighted by molar-refractivity contribution is 5.64. The Morgan fingerprint density at radius 3 is 2.71 bits per heavy atom. The van der Waals surface area contributed by atoms with Gasteiger partial charge in [-0.1, -0.05) is 12.1 Å². The zero-order chi connectivity index (χ0) is 11.9. The minimum Gasteiger partial charge on any atom is -0.492 e. The minimum absolute atomic E-state index is 0.677. The normalized spacial score (nSPS) is 10.2. The monoisotopic (exact) mass is 228 g/mol. The average Bonchev–Trinajstić information content (AvgIpc) is 2.41. The molecule has 2 aromatic rings. The van der Waals surface area contributed by atoms with Crippen LogP contribution in [0.25, 0.3) is 11.1 Å². The van der Waals surface area contributed by atoms with Crippen LogP contribution in [0.5, 0.6) is 5.75 Å². The molecule has 0 spiro atoms. The Labute approximate surface area is 101 Å². The third-order valence-corrected chi connectivity index (χ3v) is 2.47. The number of hydrogen-bond acceptors (Lipinski definition) is 3. The molecule has 0 aliphatic heterocycles. The molecular weight excluding hydrogens is 212 g/mol. The van der Waals surface area contributed by atoms with Crippen molar-refractivity contribution in [2.24, 2.45) is 0 Å². The Kier molecular flexibility index (Phi) is 4.11. The molecule has 0 fully saturated rings. The number of nitrogens with zero attached hydrogens (tertiary/aromatic N) is 1. The van der Waals surface area contributed by atoms with E-state index in [2.05, 4.69) is 16.4 Å². The lowest BCUT2D eigenvalue weighted by atomic mass is 10.1. The van der Waals surface area contributed by atoms with Gasteiger partial charge >= 0.3 is 0 Å². The van der Waals surface area contributed by atoms with Crippen LogP contribution in [-0.4, -0.2) is 25.2 Å². The molecule has 0 aliphatic carbocycles. The second-order valence-corrected chi connectivity index (χ2v) is 3.72. The van der Waals surface area contributed by atoms with Crippen molar-refractivity contribution in [3.8, 4) is 16.9 Å². The first-order valence-corrected chi connectivity index (χ1v) is 5.68. The first-order chi connectivity index (χ1) is 8.40. The van der Waals surface area contributed by atoms with Crippen molar-refractivity contribution in [3.63, 3.8) is 0 Å². The predicted octanol–water partition coefficient (Wildman–Crippen LogP) is 2.35. The standard InChI is InChI=1S/C14H16N2O/c1-15-9-10-17-14-4-2-3-13(11-14)12-5-7-16-8-6-12/h2-8,11,15H,9-10H2,1H3. The van der Waals surface area contributed by atoms with Gasteiger partial charge in [-0.05, 0) is 42.4 Å². The summed E-state index contributed by atoms with van der Waals surface area (Å²) in [6, 6.07) is 12.1. The lowest BCUT2D eigenvalue weighted by Gasteiger charge is -2.07. The van der Waals surface area contributed by atoms with Gasteiger partial charge in [0, 0.05) is 18.9 Å². The maximum Gasteiger partial charge on any atom is 0.119 e. The molecule has 0 atom stereocenters. The van der Waals surface area contributed by atoms with E-state index >= 15 is 0 Å². The van der Waals surface area contributed by atoms with Crippen molar-refractivity contribution in [3.05, 3.63) is 48.8 Å². The molecule has 3 nitrogen and oxygen atoms in total. The Hall–Kier alpha value is -1.87. The molecule has 1 heterocycles. The van der Waals surface area contributed by atoms with Crippen LogP contribution in [-0.2, 0) is 0 Å². The molecule has 0 amide bonds. The van der Waals surface area contributed by atoms with Crippen molar-refractivity contribution in [2.45, 2.75) is 0 Å². The minimum atomic E-state index is 0.677.